The third-order valence-electron chi connectivity index (χ3n) is 3.38. The molecule has 24 heavy (non-hydrogen) atoms. The lowest BCUT2D eigenvalue weighted by atomic mass is 10.2. The van der Waals surface area contributed by atoms with Gasteiger partial charge in [-0.25, -0.2) is 17.1 Å². The molecule has 0 amide bonds. The summed E-state index contributed by atoms with van der Waals surface area (Å²) in [6.45, 7) is 8.68. The molecule has 0 spiro atoms. The minimum absolute atomic E-state index is 0.0575. The Morgan fingerprint density at radius 2 is 1.96 bits per heavy atom. The fourth-order valence-corrected chi connectivity index (χ4v) is 4.43. The highest BCUT2D eigenvalue weighted by atomic mass is 35.5. The molecule has 0 fully saturated rings. The molecule has 0 heterocycles. The number of nitrogens with two attached hydrogens (primary N) is 1. The van der Waals surface area contributed by atoms with Crippen molar-refractivity contribution >= 4 is 41.1 Å². The van der Waals surface area contributed by atoms with Gasteiger partial charge in [0.2, 0.25) is 10.0 Å². The van der Waals surface area contributed by atoms with Gasteiger partial charge in [0.25, 0.3) is 0 Å². The first kappa shape index (κ1) is 21.2. The van der Waals surface area contributed by atoms with Gasteiger partial charge < -0.3 is 10.5 Å². The van der Waals surface area contributed by atoms with Crippen molar-refractivity contribution in [3.8, 4) is 0 Å². The van der Waals surface area contributed by atoms with E-state index in [0.717, 1.165) is 16.4 Å². The highest BCUT2D eigenvalue weighted by molar-refractivity contribution is 7.92. The number of nitrogens with zero attached hydrogens (tertiary/aromatic N) is 1. The average molecular weight is 397 g/mol. The van der Waals surface area contributed by atoms with E-state index in [0.29, 0.717) is 13.0 Å². The number of anilines is 2. The minimum Gasteiger partial charge on any atom is -0.395 e. The molecule has 1 aromatic carbocycles. The van der Waals surface area contributed by atoms with Gasteiger partial charge in [-0.3, -0.25) is 0 Å². The van der Waals surface area contributed by atoms with E-state index in [1.807, 2.05) is 0 Å². The molecule has 1 aromatic rings. The Morgan fingerprint density at radius 3 is 2.50 bits per heavy atom. The van der Waals surface area contributed by atoms with E-state index in [4.69, 9.17) is 22.1 Å². The largest absolute Gasteiger partial charge is 0.395 e. The molecule has 0 radical (unpaired) electrons. The number of sulfonamides is 1. The summed E-state index contributed by atoms with van der Waals surface area (Å²) in [6, 6.07) is 3.32. The zero-order valence-electron chi connectivity index (χ0n) is 14.6. The number of ether oxygens (including phenoxy) is 1. The summed E-state index contributed by atoms with van der Waals surface area (Å²) in [5.74, 6) is -0.742. The van der Waals surface area contributed by atoms with Gasteiger partial charge in [0.15, 0.2) is 0 Å². The van der Waals surface area contributed by atoms with E-state index in [2.05, 4.69) is 19.6 Å². The average Bonchev–Trinajstić information content (AvgIpc) is 2.45. The highest BCUT2D eigenvalue weighted by Gasteiger charge is 2.26. The van der Waals surface area contributed by atoms with Crippen molar-refractivity contribution in [2.45, 2.75) is 39.0 Å². The van der Waals surface area contributed by atoms with E-state index in [-0.39, 0.29) is 28.9 Å². The predicted molar refractivity (Wildman–Crippen MR) is 101 cm³/mol. The van der Waals surface area contributed by atoms with Crippen molar-refractivity contribution in [3.05, 3.63) is 23.0 Å². The lowest BCUT2D eigenvalue weighted by Gasteiger charge is -2.26. The zero-order chi connectivity index (χ0) is 18.5. The topological polar surface area (TPSA) is 72.6 Å². The molecule has 5 nitrogen and oxygen atoms in total. The van der Waals surface area contributed by atoms with Crippen LogP contribution in [0.1, 0.15) is 13.3 Å². The molecule has 0 aliphatic heterocycles. The number of hydrogen-bond donors (Lipinski definition) is 1. The van der Waals surface area contributed by atoms with Crippen molar-refractivity contribution in [2.24, 2.45) is 0 Å². The second-order valence-corrected chi connectivity index (χ2v) is 14.8. The van der Waals surface area contributed by atoms with Crippen LogP contribution in [0.3, 0.4) is 0 Å². The van der Waals surface area contributed by atoms with Crippen LogP contribution >= 0.6 is 11.6 Å². The maximum atomic E-state index is 13.5. The number of nitrogen functional groups attached to an aromatic ring is 1. The Balaban J connectivity index is 3.05. The highest BCUT2D eigenvalue weighted by Crippen LogP contribution is 2.34. The third-order valence-corrected chi connectivity index (χ3v) is 7.38. The summed E-state index contributed by atoms with van der Waals surface area (Å²) < 4.78 is 45.2. The Labute approximate surface area is 150 Å². The molecule has 0 unspecified atom stereocenters. The third kappa shape index (κ3) is 5.91. The Kier molecular flexibility index (Phi) is 7.52. The van der Waals surface area contributed by atoms with E-state index in [9.17, 15) is 12.8 Å². The predicted octanol–water partition coefficient (Wildman–Crippen LogP) is 3.92. The van der Waals surface area contributed by atoms with Crippen LogP contribution in [0.15, 0.2) is 12.1 Å². The number of halogens is 2. The molecule has 0 aromatic heterocycles. The SMILES string of the molecule is CCCS(=O)(=O)N(COCC[Si](C)(C)C)c1ccc(F)c(N)c1Cl. The first-order valence-electron chi connectivity index (χ1n) is 7.81. The van der Waals surface area contributed by atoms with Gasteiger partial charge in [-0.15, -0.1) is 0 Å². The molecule has 138 valence electrons. The van der Waals surface area contributed by atoms with E-state index < -0.39 is 23.9 Å². The Bertz CT molecular complexity index is 665. The maximum absolute atomic E-state index is 13.5. The van der Waals surface area contributed by atoms with Crippen LogP contribution in [0.4, 0.5) is 15.8 Å². The Morgan fingerprint density at radius 1 is 1.33 bits per heavy atom. The van der Waals surface area contributed by atoms with Crippen LogP contribution in [0, 0.1) is 5.82 Å². The number of hydrogen-bond acceptors (Lipinski definition) is 4. The molecule has 1 rings (SSSR count). The molecule has 0 aliphatic rings. The van der Waals surface area contributed by atoms with Crippen LogP contribution in [0.5, 0.6) is 0 Å². The van der Waals surface area contributed by atoms with Crippen molar-refractivity contribution in [3.63, 3.8) is 0 Å². The van der Waals surface area contributed by atoms with E-state index in [1.165, 1.54) is 6.07 Å². The van der Waals surface area contributed by atoms with Crippen LogP contribution in [-0.4, -0.2) is 35.6 Å². The monoisotopic (exact) mass is 396 g/mol. The van der Waals surface area contributed by atoms with Crippen LogP contribution in [0.2, 0.25) is 30.7 Å². The van der Waals surface area contributed by atoms with Crippen LogP contribution in [0.25, 0.3) is 0 Å². The normalized spacial score (nSPS) is 12.4. The lowest BCUT2D eigenvalue weighted by Crippen LogP contribution is -2.36. The molecule has 9 heteroatoms. The second kappa shape index (κ2) is 8.51. The van der Waals surface area contributed by atoms with Crippen molar-refractivity contribution in [1.82, 2.24) is 0 Å². The first-order valence-corrected chi connectivity index (χ1v) is 13.5. The van der Waals surface area contributed by atoms with Gasteiger partial charge in [-0.2, -0.15) is 0 Å². The zero-order valence-corrected chi connectivity index (χ0v) is 17.2. The van der Waals surface area contributed by atoms with Gasteiger partial charge >= 0.3 is 0 Å². The molecular formula is C15H26ClFN2O3SSi. The number of rotatable bonds is 9. The fraction of sp³-hybridized carbons (Fsp3) is 0.600. The molecule has 2 N–H and O–H groups in total. The van der Waals surface area contributed by atoms with Crippen molar-refractivity contribution in [2.75, 3.05) is 29.1 Å². The van der Waals surface area contributed by atoms with Crippen LogP contribution in [-0.2, 0) is 14.8 Å². The molecular weight excluding hydrogens is 371 g/mol. The standard InChI is InChI=1S/C15H26ClFN2O3SSi/c1-5-9-23(20,21)19(11-22-8-10-24(2,3)4)13-7-6-12(17)15(18)14(13)16/h6-7H,5,8-11,18H2,1-4H3. The van der Waals surface area contributed by atoms with E-state index in [1.54, 1.807) is 6.92 Å². The van der Waals surface area contributed by atoms with Gasteiger partial charge in [0, 0.05) is 14.7 Å². The quantitative estimate of drug-likeness (QED) is 0.297. The van der Waals surface area contributed by atoms with Crippen molar-refractivity contribution < 1.29 is 17.5 Å². The molecule has 0 bridgehead atoms. The van der Waals surface area contributed by atoms with Gasteiger partial charge in [0.05, 0.1) is 22.2 Å². The van der Waals surface area contributed by atoms with Gasteiger partial charge in [-0.05, 0) is 24.6 Å². The van der Waals surface area contributed by atoms with E-state index >= 15 is 0 Å². The first-order chi connectivity index (χ1) is 11.0. The smallest absolute Gasteiger partial charge is 0.237 e. The molecule has 0 saturated carbocycles. The molecule has 0 atom stereocenters. The second-order valence-electron chi connectivity index (χ2n) is 6.81. The van der Waals surface area contributed by atoms with Crippen LogP contribution < -0.4 is 10.0 Å². The summed E-state index contributed by atoms with van der Waals surface area (Å²) in [7, 11) is -4.92. The summed E-state index contributed by atoms with van der Waals surface area (Å²) in [5.41, 5.74) is 5.45. The summed E-state index contributed by atoms with van der Waals surface area (Å²) in [6.07, 6.45) is 0.446. The van der Waals surface area contributed by atoms with Gasteiger partial charge in [0.1, 0.15) is 12.5 Å². The summed E-state index contributed by atoms with van der Waals surface area (Å²) in [4.78, 5) is 0. The molecule has 0 aliphatic carbocycles. The fourth-order valence-electron chi connectivity index (χ4n) is 1.94. The Hall–Kier alpha value is -0.833. The maximum Gasteiger partial charge on any atom is 0.237 e. The summed E-state index contributed by atoms with van der Waals surface area (Å²) in [5, 5.41) is -0.122. The van der Waals surface area contributed by atoms with Crippen molar-refractivity contribution in [1.29, 1.82) is 0 Å². The minimum atomic E-state index is -3.64. The number of benzene rings is 1. The molecule has 0 saturated heterocycles. The lowest BCUT2D eigenvalue weighted by molar-refractivity contribution is 0.156. The summed E-state index contributed by atoms with van der Waals surface area (Å²) >= 11 is 6.07. The van der Waals surface area contributed by atoms with Gasteiger partial charge in [-0.1, -0.05) is 38.2 Å².